The maximum atomic E-state index is 14.0. The predicted octanol–water partition coefficient (Wildman–Crippen LogP) is 7.66. The second kappa shape index (κ2) is 11.2. The molecule has 0 spiro atoms. The largest absolute Gasteiger partial charge is 0.444 e. The Kier molecular flexibility index (Phi) is 8.05. The molecule has 4 rings (SSSR count). The zero-order chi connectivity index (χ0) is 29.4. The minimum absolute atomic E-state index is 0.0141. The molecule has 7 nitrogen and oxygen atoms in total. The first-order valence-corrected chi connectivity index (χ1v) is 13.7. The summed E-state index contributed by atoms with van der Waals surface area (Å²) in [7, 11) is 0. The van der Waals surface area contributed by atoms with Gasteiger partial charge in [0.1, 0.15) is 11.4 Å². The van der Waals surface area contributed by atoms with Crippen molar-refractivity contribution >= 4 is 28.7 Å². The van der Waals surface area contributed by atoms with Gasteiger partial charge in [0.2, 0.25) is 0 Å². The first-order chi connectivity index (χ1) is 18.7. The van der Waals surface area contributed by atoms with E-state index in [0.717, 1.165) is 44.8 Å². The van der Waals surface area contributed by atoms with Gasteiger partial charge in [-0.1, -0.05) is 35.4 Å². The molecule has 4 aromatic rings. The predicted molar refractivity (Wildman–Crippen MR) is 161 cm³/mol. The van der Waals surface area contributed by atoms with Crippen molar-refractivity contribution in [2.24, 2.45) is 0 Å². The van der Waals surface area contributed by atoms with Gasteiger partial charge in [0.15, 0.2) is 0 Å². The fourth-order valence-electron chi connectivity index (χ4n) is 5.02. The van der Waals surface area contributed by atoms with Gasteiger partial charge in [0.25, 0.3) is 5.91 Å². The summed E-state index contributed by atoms with van der Waals surface area (Å²) < 4.78 is 7.50. The first kappa shape index (κ1) is 28.9. The molecule has 210 valence electrons. The minimum atomic E-state index is -0.602. The summed E-state index contributed by atoms with van der Waals surface area (Å²) in [5.74, 6) is 0.720. The Hall–Kier alpha value is -4.13. The first-order valence-electron chi connectivity index (χ1n) is 13.7. The highest BCUT2D eigenvalue weighted by molar-refractivity contribution is 5.97. The molecule has 1 N–H and O–H groups in total. The third-order valence-electron chi connectivity index (χ3n) is 6.75. The second-order valence-electron chi connectivity index (χ2n) is 11.8. The van der Waals surface area contributed by atoms with Crippen LogP contribution in [0.1, 0.15) is 73.1 Å². The van der Waals surface area contributed by atoms with Crippen LogP contribution >= 0.6 is 0 Å². The highest BCUT2D eigenvalue weighted by atomic mass is 16.6. The molecule has 0 radical (unpaired) electrons. The van der Waals surface area contributed by atoms with Crippen LogP contribution in [0.3, 0.4) is 0 Å². The Labute approximate surface area is 237 Å². The van der Waals surface area contributed by atoms with Crippen LogP contribution in [0, 0.1) is 27.7 Å². The summed E-state index contributed by atoms with van der Waals surface area (Å²) in [5.41, 5.74) is 7.50. The van der Waals surface area contributed by atoms with Gasteiger partial charge in [0, 0.05) is 23.0 Å². The molecule has 7 heteroatoms. The zero-order valence-electron chi connectivity index (χ0n) is 25.0. The van der Waals surface area contributed by atoms with Crippen molar-refractivity contribution in [1.82, 2.24) is 14.5 Å². The molecule has 0 unspecified atom stereocenters. The number of carbonyl (C=O) groups excluding carboxylic acids is 2. The third-order valence-corrected chi connectivity index (χ3v) is 6.75. The van der Waals surface area contributed by atoms with E-state index in [9.17, 15) is 9.59 Å². The van der Waals surface area contributed by atoms with E-state index >= 15 is 0 Å². The van der Waals surface area contributed by atoms with E-state index in [1.807, 2.05) is 78.5 Å². The van der Waals surface area contributed by atoms with E-state index in [0.29, 0.717) is 17.7 Å². The monoisotopic (exact) mass is 540 g/mol. The van der Waals surface area contributed by atoms with Gasteiger partial charge in [-0.15, -0.1) is 0 Å². The maximum absolute atomic E-state index is 14.0. The Balaban J connectivity index is 1.78. The van der Waals surface area contributed by atoms with Crippen LogP contribution in [0.15, 0.2) is 54.6 Å². The molecule has 40 heavy (non-hydrogen) atoms. The van der Waals surface area contributed by atoms with E-state index < -0.39 is 11.7 Å². The lowest BCUT2D eigenvalue weighted by Crippen LogP contribution is -2.38. The molecule has 1 aromatic heterocycles. The molecule has 2 amide bonds. The molecule has 0 fully saturated rings. The number of anilines is 1. The third kappa shape index (κ3) is 6.36. The topological polar surface area (TPSA) is 76.5 Å². The number of ether oxygens (including phenoxy) is 1. The molecule has 0 bridgehead atoms. The van der Waals surface area contributed by atoms with E-state index in [-0.39, 0.29) is 11.9 Å². The number of carbonyl (C=O) groups is 2. The summed E-state index contributed by atoms with van der Waals surface area (Å²) >= 11 is 0. The summed E-state index contributed by atoms with van der Waals surface area (Å²) in [5, 5.41) is 2.81. The summed E-state index contributed by atoms with van der Waals surface area (Å²) in [6.07, 6.45) is -0.523. The fourth-order valence-corrected chi connectivity index (χ4v) is 5.02. The van der Waals surface area contributed by atoms with Gasteiger partial charge in [-0.05, 0) is 104 Å². The number of rotatable bonds is 6. The van der Waals surface area contributed by atoms with Gasteiger partial charge < -0.3 is 9.64 Å². The van der Waals surface area contributed by atoms with E-state index in [1.165, 1.54) is 0 Å². The molecular formula is C33H40N4O3. The number of aryl methyl sites for hydroxylation is 4. The van der Waals surface area contributed by atoms with Crippen molar-refractivity contribution in [3.05, 3.63) is 88.2 Å². The zero-order valence-corrected chi connectivity index (χ0v) is 25.0. The van der Waals surface area contributed by atoms with Crippen LogP contribution < -0.4 is 5.32 Å². The van der Waals surface area contributed by atoms with Gasteiger partial charge in [-0.2, -0.15) is 0 Å². The molecule has 0 aliphatic heterocycles. The average Bonchev–Trinajstić information content (AvgIpc) is 3.18. The highest BCUT2D eigenvalue weighted by Gasteiger charge is 2.26. The lowest BCUT2D eigenvalue weighted by molar-refractivity contribution is 0.0634. The molecule has 0 saturated heterocycles. The van der Waals surface area contributed by atoms with Gasteiger partial charge in [-0.3, -0.25) is 14.7 Å². The molecule has 0 aliphatic rings. The van der Waals surface area contributed by atoms with Crippen molar-refractivity contribution in [2.75, 3.05) is 5.32 Å². The standard InChI is InChI=1S/C33H40N4O3/c1-20(2)36(31(38)30-23(5)16-22(4)17-24(30)6)19-29-35-27-18-25(34-32(39)40-33(7,8)9)12-15-28(27)37(29)26-13-10-21(3)11-14-26/h10-18,20H,19H2,1-9H3,(H,34,39). The van der Waals surface area contributed by atoms with Gasteiger partial charge >= 0.3 is 6.09 Å². The van der Waals surface area contributed by atoms with Crippen molar-refractivity contribution in [2.45, 2.75) is 80.5 Å². The number of hydrogen-bond acceptors (Lipinski definition) is 4. The number of benzene rings is 3. The highest BCUT2D eigenvalue weighted by Crippen LogP contribution is 2.28. The lowest BCUT2D eigenvalue weighted by atomic mass is 9.98. The molecule has 0 atom stereocenters. The van der Waals surface area contributed by atoms with Gasteiger partial charge in [-0.25, -0.2) is 9.78 Å². The van der Waals surface area contributed by atoms with Crippen LogP contribution in [-0.4, -0.2) is 38.1 Å². The molecule has 3 aromatic carbocycles. The number of amides is 2. The van der Waals surface area contributed by atoms with Crippen LogP contribution in [0.4, 0.5) is 10.5 Å². The van der Waals surface area contributed by atoms with Crippen molar-refractivity contribution < 1.29 is 14.3 Å². The Morgan fingerprint density at radius 2 is 1.55 bits per heavy atom. The fraction of sp³-hybridized carbons (Fsp3) is 0.364. The normalized spacial score (nSPS) is 11.7. The molecular weight excluding hydrogens is 500 g/mol. The summed E-state index contributed by atoms with van der Waals surface area (Å²) in [6.45, 7) is 17.9. The second-order valence-corrected chi connectivity index (χ2v) is 11.8. The Morgan fingerprint density at radius 3 is 2.12 bits per heavy atom. The number of aromatic nitrogens is 2. The Bertz CT molecular complexity index is 1540. The Morgan fingerprint density at radius 1 is 0.925 bits per heavy atom. The van der Waals surface area contributed by atoms with Crippen LogP contribution in [0.5, 0.6) is 0 Å². The summed E-state index contributed by atoms with van der Waals surface area (Å²) in [6, 6.07) is 17.9. The van der Waals surface area contributed by atoms with Crippen molar-refractivity contribution in [1.29, 1.82) is 0 Å². The van der Waals surface area contributed by atoms with Crippen molar-refractivity contribution in [3.8, 4) is 5.69 Å². The number of hydrogen-bond donors (Lipinski definition) is 1. The van der Waals surface area contributed by atoms with Crippen molar-refractivity contribution in [3.63, 3.8) is 0 Å². The quantitative estimate of drug-likeness (QED) is 0.272. The average molecular weight is 541 g/mol. The van der Waals surface area contributed by atoms with Gasteiger partial charge in [0.05, 0.1) is 17.6 Å². The lowest BCUT2D eigenvalue weighted by Gasteiger charge is -2.28. The molecule has 1 heterocycles. The SMILES string of the molecule is Cc1ccc(-n2c(CN(C(=O)c3c(C)cc(C)cc3C)C(C)C)nc3cc(NC(=O)OC(C)(C)C)ccc32)cc1. The molecule has 0 aliphatic carbocycles. The number of imidazole rings is 1. The maximum Gasteiger partial charge on any atom is 0.412 e. The number of nitrogens with zero attached hydrogens (tertiary/aromatic N) is 3. The minimum Gasteiger partial charge on any atom is -0.444 e. The smallest absolute Gasteiger partial charge is 0.412 e. The number of fused-ring (bicyclic) bond motifs is 1. The van der Waals surface area contributed by atoms with E-state index in [1.54, 1.807) is 0 Å². The van der Waals surface area contributed by atoms with Crippen LogP contribution in [0.25, 0.3) is 16.7 Å². The number of nitrogens with one attached hydrogen (secondary N) is 1. The van der Waals surface area contributed by atoms with E-state index in [2.05, 4.69) is 53.2 Å². The van der Waals surface area contributed by atoms with E-state index in [4.69, 9.17) is 9.72 Å². The molecule has 0 saturated carbocycles. The van der Waals surface area contributed by atoms with Crippen LogP contribution in [-0.2, 0) is 11.3 Å². The summed E-state index contributed by atoms with van der Waals surface area (Å²) in [4.78, 5) is 33.2. The van der Waals surface area contributed by atoms with Crippen LogP contribution in [0.2, 0.25) is 0 Å².